The number of aliphatic hydroxyl groups is 1. The number of hydrogen-bond donors (Lipinski definition) is 1. The number of methoxy groups -OCH3 is 1. The molecule has 0 saturated carbocycles. The summed E-state index contributed by atoms with van der Waals surface area (Å²) in [5.74, 6) is -1.95. The quantitative estimate of drug-likeness (QED) is 0.117. The molecule has 4 rings (SSSR count). The number of anilines is 1. The summed E-state index contributed by atoms with van der Waals surface area (Å²) in [6.45, 7) is 4.28. The van der Waals surface area contributed by atoms with Crippen LogP contribution in [0.3, 0.4) is 0 Å². The first-order valence-corrected chi connectivity index (χ1v) is 13.2. The number of carbonyl (C=O) groups excluding carboxylic acids is 3. The lowest BCUT2D eigenvalue weighted by molar-refractivity contribution is -0.132. The molecule has 0 radical (unpaired) electrons. The van der Waals surface area contributed by atoms with Crippen molar-refractivity contribution in [1.29, 1.82) is 0 Å². The number of aliphatic hydroxyl groups excluding tert-OH is 1. The molecule has 37 heavy (non-hydrogen) atoms. The Hall–Kier alpha value is -3.50. The van der Waals surface area contributed by atoms with Crippen molar-refractivity contribution < 1.29 is 29.0 Å². The van der Waals surface area contributed by atoms with Gasteiger partial charge in [-0.1, -0.05) is 52.7 Å². The highest BCUT2D eigenvalue weighted by molar-refractivity contribution is 9.10. The molecule has 10 heteroatoms. The lowest BCUT2D eigenvalue weighted by Gasteiger charge is -2.23. The van der Waals surface area contributed by atoms with Crippen LogP contribution in [0, 0.1) is 6.92 Å². The van der Waals surface area contributed by atoms with Gasteiger partial charge in [-0.15, -0.1) is 0 Å². The Morgan fingerprint density at radius 2 is 1.81 bits per heavy atom. The van der Waals surface area contributed by atoms with Crippen LogP contribution in [0.25, 0.3) is 5.76 Å². The minimum atomic E-state index is -0.954. The summed E-state index contributed by atoms with van der Waals surface area (Å²) < 4.78 is 11.3. The maximum atomic E-state index is 13.3. The standard InChI is InChI=1S/C27H25BrN2O6S/c1-4-5-14-36-19-12-8-17(9-13-19)22(31)20-21(16-6-10-18(28)11-7-16)30(25(33)23(20)32)27-29-15(2)24(37-27)26(34)35-3/h6-13,21,31H,4-5,14H2,1-3H3/b22-20-. The lowest BCUT2D eigenvalue weighted by Crippen LogP contribution is -2.29. The van der Waals surface area contributed by atoms with Crippen LogP contribution in [0.2, 0.25) is 0 Å². The second kappa shape index (κ2) is 11.3. The van der Waals surface area contributed by atoms with E-state index in [0.717, 1.165) is 28.7 Å². The van der Waals surface area contributed by atoms with Crippen LogP contribution in [-0.4, -0.2) is 41.5 Å². The molecule has 8 nitrogen and oxygen atoms in total. The number of esters is 1. The number of thiazole rings is 1. The molecule has 1 fully saturated rings. The third kappa shape index (κ3) is 5.30. The Balaban J connectivity index is 1.81. The van der Waals surface area contributed by atoms with Crippen molar-refractivity contribution in [3.63, 3.8) is 0 Å². The van der Waals surface area contributed by atoms with E-state index in [2.05, 4.69) is 27.8 Å². The predicted molar refractivity (Wildman–Crippen MR) is 144 cm³/mol. The molecule has 1 unspecified atom stereocenters. The molecule has 192 valence electrons. The van der Waals surface area contributed by atoms with Gasteiger partial charge in [0.15, 0.2) is 5.13 Å². The number of nitrogens with zero attached hydrogens (tertiary/aromatic N) is 2. The number of carbonyl (C=O) groups is 3. The maximum absolute atomic E-state index is 13.3. The molecular formula is C27H25BrN2O6S. The number of aryl methyl sites for hydroxylation is 1. The Labute approximate surface area is 226 Å². The van der Waals surface area contributed by atoms with Gasteiger partial charge in [-0.2, -0.15) is 0 Å². The van der Waals surface area contributed by atoms with Crippen molar-refractivity contribution in [2.45, 2.75) is 32.7 Å². The number of unbranched alkanes of at least 4 members (excludes halogenated alkanes) is 1. The van der Waals surface area contributed by atoms with Crippen LogP contribution in [0.1, 0.15) is 52.3 Å². The zero-order valence-corrected chi connectivity index (χ0v) is 22.9. The van der Waals surface area contributed by atoms with E-state index in [1.54, 1.807) is 55.5 Å². The highest BCUT2D eigenvalue weighted by Crippen LogP contribution is 2.44. The second-order valence-electron chi connectivity index (χ2n) is 8.35. The van der Waals surface area contributed by atoms with Gasteiger partial charge in [-0.05, 0) is 55.3 Å². The van der Waals surface area contributed by atoms with E-state index in [0.29, 0.717) is 29.2 Å². The lowest BCUT2D eigenvalue weighted by atomic mass is 9.95. The number of rotatable bonds is 8. The van der Waals surface area contributed by atoms with Crippen LogP contribution in [0.4, 0.5) is 5.13 Å². The number of aromatic nitrogens is 1. The monoisotopic (exact) mass is 584 g/mol. The number of halogens is 1. The van der Waals surface area contributed by atoms with Crippen molar-refractivity contribution >= 4 is 55.8 Å². The molecule has 3 aromatic rings. The van der Waals surface area contributed by atoms with Crippen LogP contribution >= 0.6 is 27.3 Å². The normalized spacial score (nSPS) is 16.8. The maximum Gasteiger partial charge on any atom is 0.350 e. The van der Waals surface area contributed by atoms with Crippen molar-refractivity contribution in [1.82, 2.24) is 4.98 Å². The van der Waals surface area contributed by atoms with Crippen LogP contribution in [-0.2, 0) is 14.3 Å². The van der Waals surface area contributed by atoms with E-state index >= 15 is 0 Å². The molecule has 0 aliphatic carbocycles. The minimum absolute atomic E-state index is 0.0700. The molecule has 1 aliphatic rings. The zero-order chi connectivity index (χ0) is 26.7. The van der Waals surface area contributed by atoms with E-state index < -0.39 is 23.7 Å². The Morgan fingerprint density at radius 1 is 1.14 bits per heavy atom. The smallest absolute Gasteiger partial charge is 0.350 e. The summed E-state index contributed by atoms with van der Waals surface area (Å²) in [5, 5.41) is 11.4. The third-order valence-corrected chi connectivity index (χ3v) is 7.55. The number of hydrogen-bond acceptors (Lipinski definition) is 8. The molecule has 0 bridgehead atoms. The van der Waals surface area contributed by atoms with Crippen molar-refractivity contribution in [3.05, 3.63) is 80.3 Å². The molecule has 2 aromatic carbocycles. The summed E-state index contributed by atoms with van der Waals surface area (Å²) in [7, 11) is 1.26. The molecular weight excluding hydrogens is 560 g/mol. The van der Waals surface area contributed by atoms with Gasteiger partial charge in [0, 0.05) is 10.0 Å². The van der Waals surface area contributed by atoms with Gasteiger partial charge in [0.2, 0.25) is 0 Å². The summed E-state index contributed by atoms with van der Waals surface area (Å²) in [6, 6.07) is 12.8. The molecule has 0 spiro atoms. The first kappa shape index (κ1) is 26.6. The number of amides is 1. The van der Waals surface area contributed by atoms with Gasteiger partial charge >= 0.3 is 11.9 Å². The number of ether oxygens (including phenoxy) is 2. The molecule has 1 aliphatic heterocycles. The van der Waals surface area contributed by atoms with Crippen molar-refractivity contribution in [2.24, 2.45) is 0 Å². The highest BCUT2D eigenvalue weighted by atomic mass is 79.9. The van der Waals surface area contributed by atoms with Gasteiger partial charge in [-0.3, -0.25) is 14.5 Å². The number of benzene rings is 2. The summed E-state index contributed by atoms with van der Waals surface area (Å²) >= 11 is 4.36. The first-order chi connectivity index (χ1) is 17.8. The van der Waals surface area contributed by atoms with Crippen LogP contribution in [0.15, 0.2) is 58.6 Å². The number of ketones is 1. The predicted octanol–water partition coefficient (Wildman–Crippen LogP) is 5.81. The SMILES string of the molecule is CCCCOc1ccc(/C(O)=C2/C(=O)C(=O)N(c3nc(C)c(C(=O)OC)s3)C2c2ccc(Br)cc2)cc1. The van der Waals surface area contributed by atoms with Crippen molar-refractivity contribution in [3.8, 4) is 5.75 Å². The summed E-state index contributed by atoms with van der Waals surface area (Å²) in [6.07, 6.45) is 1.93. The fourth-order valence-corrected chi connectivity index (χ4v) is 5.23. The average molecular weight is 585 g/mol. The fourth-order valence-electron chi connectivity index (χ4n) is 3.96. The highest BCUT2D eigenvalue weighted by Gasteiger charge is 2.48. The van der Waals surface area contributed by atoms with E-state index in [9.17, 15) is 19.5 Å². The Kier molecular flexibility index (Phi) is 8.09. The van der Waals surface area contributed by atoms with Crippen molar-refractivity contribution in [2.75, 3.05) is 18.6 Å². The van der Waals surface area contributed by atoms with Crippen LogP contribution in [0.5, 0.6) is 5.75 Å². The Morgan fingerprint density at radius 3 is 2.43 bits per heavy atom. The van der Waals surface area contributed by atoms with Gasteiger partial charge in [0.25, 0.3) is 5.78 Å². The largest absolute Gasteiger partial charge is 0.507 e. The van der Waals surface area contributed by atoms with Crippen LogP contribution < -0.4 is 9.64 Å². The summed E-state index contributed by atoms with van der Waals surface area (Å²) in [5.41, 5.74) is 1.27. The minimum Gasteiger partial charge on any atom is -0.507 e. The van der Waals surface area contributed by atoms with E-state index in [4.69, 9.17) is 9.47 Å². The first-order valence-electron chi connectivity index (χ1n) is 11.6. The van der Waals surface area contributed by atoms with Gasteiger partial charge < -0.3 is 14.6 Å². The van der Waals surface area contributed by atoms with Gasteiger partial charge in [-0.25, -0.2) is 9.78 Å². The van der Waals surface area contributed by atoms with E-state index in [1.165, 1.54) is 12.0 Å². The Bertz CT molecular complexity index is 1360. The molecule has 1 aromatic heterocycles. The fraction of sp³-hybridized carbons (Fsp3) is 0.259. The van der Waals surface area contributed by atoms with Gasteiger partial charge in [0.05, 0.1) is 31.0 Å². The molecule has 1 amide bonds. The van der Waals surface area contributed by atoms with E-state index in [-0.39, 0.29) is 21.3 Å². The average Bonchev–Trinajstić information content (AvgIpc) is 3.40. The third-order valence-electron chi connectivity index (χ3n) is 5.89. The van der Waals surface area contributed by atoms with Gasteiger partial charge in [0.1, 0.15) is 16.4 Å². The molecule has 1 atom stereocenters. The molecule has 2 heterocycles. The zero-order valence-electron chi connectivity index (χ0n) is 20.5. The topological polar surface area (TPSA) is 106 Å². The molecule has 1 saturated heterocycles. The van der Waals surface area contributed by atoms with E-state index in [1.807, 2.05) is 0 Å². The summed E-state index contributed by atoms with van der Waals surface area (Å²) in [4.78, 5) is 44.7. The second-order valence-corrected chi connectivity index (χ2v) is 10.2. The molecule has 1 N–H and O–H groups in total. The number of Topliss-reactive ketones (excluding diaryl/α,β-unsaturated/α-hetero) is 1.